The zero-order chi connectivity index (χ0) is 7.61. The predicted molar refractivity (Wildman–Crippen MR) is 50.5 cm³/mol. The van der Waals surface area contributed by atoms with Crippen LogP contribution in [-0.2, 0) is 0 Å². The first-order valence-electron chi connectivity index (χ1n) is 3.35. The Balaban J connectivity index is 2.53. The van der Waals surface area contributed by atoms with Gasteiger partial charge < -0.3 is 11.1 Å². The van der Waals surface area contributed by atoms with E-state index in [4.69, 9.17) is 18.0 Å². The van der Waals surface area contributed by atoms with Crippen molar-refractivity contribution >= 4 is 30.2 Å². The topological polar surface area (TPSA) is 38.0 Å². The van der Waals surface area contributed by atoms with Crippen LogP contribution in [0.3, 0.4) is 0 Å². The van der Waals surface area contributed by atoms with Gasteiger partial charge in [0.1, 0.15) is 0 Å². The van der Waals surface area contributed by atoms with Crippen LogP contribution in [0.5, 0.6) is 0 Å². The van der Waals surface area contributed by atoms with Crippen LogP contribution < -0.4 is 11.1 Å². The molecule has 0 aromatic carbocycles. The van der Waals surface area contributed by atoms with Gasteiger partial charge in [0, 0.05) is 17.8 Å². The van der Waals surface area contributed by atoms with Crippen molar-refractivity contribution in [2.24, 2.45) is 11.7 Å². The lowest BCUT2D eigenvalue weighted by atomic mass is 10.0. The van der Waals surface area contributed by atoms with Crippen molar-refractivity contribution < 1.29 is 0 Å². The van der Waals surface area contributed by atoms with Crippen molar-refractivity contribution in [3.05, 3.63) is 0 Å². The molecule has 1 aliphatic heterocycles. The molecule has 0 radical (unpaired) electrons. The highest BCUT2D eigenvalue weighted by atomic mass is 32.1. The first-order valence-corrected chi connectivity index (χ1v) is 4.27. The number of thiocarbonyl (C=S) groups is 1. The second kappa shape index (κ2) is 3.17. The monoisotopic (exact) mass is 176 g/mol. The van der Waals surface area contributed by atoms with Gasteiger partial charge >= 0.3 is 0 Å². The molecular weight excluding hydrogens is 164 g/mol. The van der Waals surface area contributed by atoms with Crippen LogP contribution in [0.25, 0.3) is 0 Å². The molecule has 1 saturated heterocycles. The lowest BCUT2D eigenvalue weighted by Gasteiger charge is -2.24. The van der Waals surface area contributed by atoms with E-state index in [9.17, 15) is 0 Å². The van der Waals surface area contributed by atoms with E-state index in [-0.39, 0.29) is 0 Å². The standard InChI is InChI=1S/C6H12N2S2/c7-6(10,4-9)5-1-2-8-3-5/h4-5,8,10H,1-3,7H2. The van der Waals surface area contributed by atoms with Crippen LogP contribution in [-0.4, -0.2) is 23.3 Å². The second-order valence-electron chi connectivity index (χ2n) is 2.69. The third kappa shape index (κ3) is 1.69. The van der Waals surface area contributed by atoms with E-state index in [1.807, 2.05) is 0 Å². The first kappa shape index (κ1) is 8.46. The SMILES string of the molecule is NC(S)(C=S)C1CCNC1. The van der Waals surface area contributed by atoms with Crippen molar-refractivity contribution in [1.82, 2.24) is 5.32 Å². The lowest BCUT2D eigenvalue weighted by Crippen LogP contribution is -2.43. The van der Waals surface area contributed by atoms with Gasteiger partial charge in [-0.15, -0.1) is 0 Å². The Kier molecular flexibility index (Phi) is 2.68. The molecule has 58 valence electrons. The molecule has 0 aromatic rings. The van der Waals surface area contributed by atoms with E-state index >= 15 is 0 Å². The molecule has 0 aliphatic carbocycles. The van der Waals surface area contributed by atoms with Crippen LogP contribution in [0.4, 0.5) is 0 Å². The number of nitrogens with two attached hydrogens (primary N) is 1. The van der Waals surface area contributed by atoms with Gasteiger partial charge in [0.05, 0.1) is 4.87 Å². The van der Waals surface area contributed by atoms with E-state index in [0.29, 0.717) is 5.92 Å². The van der Waals surface area contributed by atoms with Gasteiger partial charge in [-0.25, -0.2) is 0 Å². The summed E-state index contributed by atoms with van der Waals surface area (Å²) in [5.74, 6) is 0.397. The molecule has 1 aliphatic rings. The summed E-state index contributed by atoms with van der Waals surface area (Å²) in [6, 6.07) is 0. The number of hydrogen-bond donors (Lipinski definition) is 3. The minimum absolute atomic E-state index is 0.397. The zero-order valence-corrected chi connectivity index (χ0v) is 7.42. The molecule has 1 fully saturated rings. The maximum absolute atomic E-state index is 5.79. The lowest BCUT2D eigenvalue weighted by molar-refractivity contribution is 0.516. The number of thiol groups is 1. The van der Waals surface area contributed by atoms with Crippen LogP contribution in [0, 0.1) is 5.92 Å². The maximum atomic E-state index is 5.79. The number of hydrogen-bond acceptors (Lipinski definition) is 4. The fourth-order valence-corrected chi connectivity index (χ4v) is 1.56. The summed E-state index contributed by atoms with van der Waals surface area (Å²) in [5.41, 5.74) is 5.79. The van der Waals surface area contributed by atoms with Crippen molar-refractivity contribution in [2.75, 3.05) is 13.1 Å². The van der Waals surface area contributed by atoms with Crippen LogP contribution in [0.15, 0.2) is 0 Å². The molecule has 0 spiro atoms. The summed E-state index contributed by atoms with van der Waals surface area (Å²) in [6.45, 7) is 1.97. The summed E-state index contributed by atoms with van der Waals surface area (Å²) < 4.78 is 0. The Morgan fingerprint density at radius 3 is 2.90 bits per heavy atom. The normalized spacial score (nSPS) is 31.6. The Morgan fingerprint density at radius 2 is 2.50 bits per heavy atom. The number of nitrogens with one attached hydrogen (secondary N) is 1. The van der Waals surface area contributed by atoms with E-state index < -0.39 is 4.87 Å². The minimum Gasteiger partial charge on any atom is -0.316 e. The Morgan fingerprint density at radius 1 is 1.80 bits per heavy atom. The maximum Gasteiger partial charge on any atom is 0.0921 e. The fourth-order valence-electron chi connectivity index (χ4n) is 1.15. The molecule has 1 heterocycles. The predicted octanol–water partition coefficient (Wildman–Crippen LogP) is 0.180. The molecule has 1 rings (SSSR count). The molecule has 0 bridgehead atoms. The Labute approximate surface area is 72.0 Å². The van der Waals surface area contributed by atoms with Crippen molar-refractivity contribution in [1.29, 1.82) is 0 Å². The third-order valence-electron chi connectivity index (χ3n) is 1.90. The smallest absolute Gasteiger partial charge is 0.0921 e. The quantitative estimate of drug-likeness (QED) is 0.319. The van der Waals surface area contributed by atoms with E-state index in [2.05, 4.69) is 17.9 Å². The Bertz CT molecular complexity index is 130. The Hall–Kier alpha value is 0.360. The molecule has 3 N–H and O–H groups in total. The molecule has 2 atom stereocenters. The molecule has 0 amide bonds. The van der Waals surface area contributed by atoms with Gasteiger partial charge in [-0.3, -0.25) is 0 Å². The highest BCUT2D eigenvalue weighted by Crippen LogP contribution is 2.22. The first-order chi connectivity index (χ1) is 4.67. The highest BCUT2D eigenvalue weighted by Gasteiger charge is 2.30. The van der Waals surface area contributed by atoms with Gasteiger partial charge in [0.15, 0.2) is 0 Å². The fraction of sp³-hybridized carbons (Fsp3) is 0.833. The van der Waals surface area contributed by atoms with E-state index in [1.165, 1.54) is 0 Å². The highest BCUT2D eigenvalue weighted by molar-refractivity contribution is 7.86. The van der Waals surface area contributed by atoms with Crippen molar-refractivity contribution in [3.8, 4) is 0 Å². The van der Waals surface area contributed by atoms with Gasteiger partial charge in [0.2, 0.25) is 0 Å². The summed E-state index contributed by atoms with van der Waals surface area (Å²) in [6.07, 6.45) is 1.08. The zero-order valence-electron chi connectivity index (χ0n) is 5.71. The molecule has 0 aromatic heterocycles. The minimum atomic E-state index is -0.557. The van der Waals surface area contributed by atoms with Crippen molar-refractivity contribution in [2.45, 2.75) is 11.3 Å². The summed E-state index contributed by atoms with van der Waals surface area (Å²) >= 11 is 9.03. The van der Waals surface area contributed by atoms with Crippen LogP contribution >= 0.6 is 24.8 Å². The number of rotatable bonds is 2. The average molecular weight is 176 g/mol. The van der Waals surface area contributed by atoms with E-state index in [0.717, 1.165) is 19.5 Å². The summed E-state index contributed by atoms with van der Waals surface area (Å²) in [4.78, 5) is -0.557. The third-order valence-corrected chi connectivity index (χ3v) is 2.96. The average Bonchev–Trinajstić information content (AvgIpc) is 2.38. The van der Waals surface area contributed by atoms with Crippen LogP contribution in [0.2, 0.25) is 0 Å². The molecule has 4 heteroatoms. The summed E-state index contributed by atoms with van der Waals surface area (Å²) in [7, 11) is 0. The molecule has 2 nitrogen and oxygen atoms in total. The summed E-state index contributed by atoms with van der Waals surface area (Å²) in [5, 5.41) is 4.77. The second-order valence-corrected chi connectivity index (χ2v) is 3.71. The van der Waals surface area contributed by atoms with Gasteiger partial charge in [-0.05, 0) is 13.0 Å². The van der Waals surface area contributed by atoms with Gasteiger partial charge in [0.25, 0.3) is 0 Å². The molecular formula is C6H12N2S2. The molecule has 2 unspecified atom stereocenters. The van der Waals surface area contributed by atoms with Gasteiger partial charge in [-0.1, -0.05) is 12.2 Å². The molecule has 10 heavy (non-hydrogen) atoms. The van der Waals surface area contributed by atoms with Crippen molar-refractivity contribution in [3.63, 3.8) is 0 Å². The van der Waals surface area contributed by atoms with Crippen LogP contribution in [0.1, 0.15) is 6.42 Å². The van der Waals surface area contributed by atoms with Gasteiger partial charge in [-0.2, -0.15) is 12.6 Å². The van der Waals surface area contributed by atoms with E-state index in [1.54, 1.807) is 5.37 Å². The largest absolute Gasteiger partial charge is 0.316 e. The molecule has 0 saturated carbocycles.